The van der Waals surface area contributed by atoms with Gasteiger partial charge in [-0.15, -0.1) is 13.2 Å². The van der Waals surface area contributed by atoms with Gasteiger partial charge in [0.1, 0.15) is 5.82 Å². The van der Waals surface area contributed by atoms with E-state index in [4.69, 9.17) is 11.5 Å². The topological polar surface area (TPSA) is 100 Å². The van der Waals surface area contributed by atoms with Gasteiger partial charge in [0.05, 0.1) is 13.5 Å². The molecule has 0 bridgehead atoms. The normalized spacial score (nSPS) is 11.2. The maximum atomic E-state index is 12.1. The van der Waals surface area contributed by atoms with E-state index in [1.54, 1.807) is 0 Å². The van der Waals surface area contributed by atoms with E-state index in [2.05, 4.69) is 14.5 Å². The number of hydrogen-bond donors (Lipinski definition) is 2. The quantitative estimate of drug-likeness (QED) is 0.788. The van der Waals surface area contributed by atoms with Gasteiger partial charge in [-0.1, -0.05) is 0 Å². The number of esters is 1. The first kappa shape index (κ1) is 15.0. The lowest BCUT2D eigenvalue weighted by Gasteiger charge is -2.13. The summed E-state index contributed by atoms with van der Waals surface area (Å²) in [7, 11) is 1.18. The lowest BCUT2D eigenvalue weighted by atomic mass is 10.1. The standard InChI is InChI=1S/C10H12F3N3O3/c1-18-8(17)3-6-5(4-14)2-7(16-9(6)15)19-10(11,12)13/h2H,3-4,14H2,1H3,(H2,15,16). The summed E-state index contributed by atoms with van der Waals surface area (Å²) in [4.78, 5) is 14.6. The zero-order valence-electron chi connectivity index (χ0n) is 9.95. The lowest BCUT2D eigenvalue weighted by Crippen LogP contribution is -2.20. The summed E-state index contributed by atoms with van der Waals surface area (Å²) >= 11 is 0. The molecular weight excluding hydrogens is 267 g/mol. The molecule has 0 radical (unpaired) electrons. The van der Waals surface area contributed by atoms with Crippen LogP contribution in [0, 0.1) is 0 Å². The van der Waals surface area contributed by atoms with Gasteiger partial charge in [-0.3, -0.25) is 4.79 Å². The molecule has 0 saturated carbocycles. The van der Waals surface area contributed by atoms with Crippen LogP contribution in [0.4, 0.5) is 19.0 Å². The van der Waals surface area contributed by atoms with Gasteiger partial charge in [0.25, 0.3) is 0 Å². The summed E-state index contributed by atoms with van der Waals surface area (Å²) in [5, 5.41) is 0. The fourth-order valence-corrected chi connectivity index (χ4v) is 1.39. The summed E-state index contributed by atoms with van der Waals surface area (Å²) in [6.07, 6.45) is -5.11. The molecule has 1 heterocycles. The number of methoxy groups -OCH3 is 1. The van der Waals surface area contributed by atoms with Crippen molar-refractivity contribution in [3.8, 4) is 5.88 Å². The number of aromatic nitrogens is 1. The van der Waals surface area contributed by atoms with E-state index in [-0.39, 0.29) is 29.9 Å². The number of nitrogens with two attached hydrogens (primary N) is 2. The van der Waals surface area contributed by atoms with E-state index in [1.807, 2.05) is 0 Å². The maximum Gasteiger partial charge on any atom is 0.574 e. The SMILES string of the molecule is COC(=O)Cc1c(CN)cc(OC(F)(F)F)nc1N. The Morgan fingerprint density at radius 1 is 1.47 bits per heavy atom. The average molecular weight is 279 g/mol. The molecule has 0 amide bonds. The molecule has 9 heteroatoms. The fourth-order valence-electron chi connectivity index (χ4n) is 1.39. The van der Waals surface area contributed by atoms with Crippen molar-refractivity contribution in [3.63, 3.8) is 0 Å². The number of ether oxygens (including phenoxy) is 2. The van der Waals surface area contributed by atoms with Crippen LogP contribution in [-0.4, -0.2) is 24.4 Å². The number of pyridine rings is 1. The van der Waals surface area contributed by atoms with Crippen LogP contribution in [0.25, 0.3) is 0 Å². The van der Waals surface area contributed by atoms with Crippen LogP contribution in [0.1, 0.15) is 11.1 Å². The van der Waals surface area contributed by atoms with E-state index >= 15 is 0 Å². The zero-order valence-corrected chi connectivity index (χ0v) is 9.95. The monoisotopic (exact) mass is 279 g/mol. The minimum Gasteiger partial charge on any atom is -0.469 e. The van der Waals surface area contributed by atoms with Gasteiger partial charge in [-0.05, 0) is 5.56 Å². The molecule has 6 nitrogen and oxygen atoms in total. The predicted molar refractivity (Wildman–Crippen MR) is 58.9 cm³/mol. The Bertz CT molecular complexity index is 477. The van der Waals surface area contributed by atoms with Crippen molar-refractivity contribution in [2.45, 2.75) is 19.3 Å². The van der Waals surface area contributed by atoms with Crippen LogP contribution in [0.15, 0.2) is 6.07 Å². The molecule has 0 fully saturated rings. The molecule has 1 aromatic rings. The van der Waals surface area contributed by atoms with E-state index in [0.717, 1.165) is 6.07 Å². The fraction of sp³-hybridized carbons (Fsp3) is 0.400. The van der Waals surface area contributed by atoms with Crippen LogP contribution < -0.4 is 16.2 Å². The highest BCUT2D eigenvalue weighted by atomic mass is 19.4. The van der Waals surface area contributed by atoms with Gasteiger partial charge in [-0.25, -0.2) is 0 Å². The number of anilines is 1. The molecular formula is C10H12F3N3O3. The summed E-state index contributed by atoms with van der Waals surface area (Å²) in [5.74, 6) is -1.58. The number of carbonyl (C=O) groups is 1. The van der Waals surface area contributed by atoms with E-state index in [9.17, 15) is 18.0 Å². The third-order valence-electron chi connectivity index (χ3n) is 2.21. The van der Waals surface area contributed by atoms with Gasteiger partial charge >= 0.3 is 12.3 Å². The van der Waals surface area contributed by atoms with Crippen LogP contribution in [-0.2, 0) is 22.5 Å². The molecule has 0 aliphatic heterocycles. The maximum absolute atomic E-state index is 12.1. The molecule has 0 spiro atoms. The second-order valence-corrected chi connectivity index (χ2v) is 3.49. The van der Waals surface area contributed by atoms with Crippen molar-refractivity contribution in [1.29, 1.82) is 0 Å². The number of rotatable bonds is 4. The van der Waals surface area contributed by atoms with E-state index in [1.165, 1.54) is 7.11 Å². The Labute approximate surface area is 106 Å². The van der Waals surface area contributed by atoms with Gasteiger partial charge in [-0.2, -0.15) is 4.98 Å². The molecule has 4 N–H and O–H groups in total. The largest absolute Gasteiger partial charge is 0.574 e. The zero-order chi connectivity index (χ0) is 14.6. The molecule has 1 rings (SSSR count). The first-order valence-corrected chi connectivity index (χ1v) is 5.07. The van der Waals surface area contributed by atoms with Gasteiger partial charge in [0.2, 0.25) is 5.88 Å². The van der Waals surface area contributed by atoms with E-state index < -0.39 is 18.2 Å². The van der Waals surface area contributed by atoms with Crippen LogP contribution in [0.2, 0.25) is 0 Å². The Morgan fingerprint density at radius 3 is 2.58 bits per heavy atom. The molecule has 0 atom stereocenters. The Kier molecular flexibility index (Phi) is 4.54. The van der Waals surface area contributed by atoms with Crippen molar-refractivity contribution < 1.29 is 27.4 Å². The van der Waals surface area contributed by atoms with Crippen molar-refractivity contribution in [3.05, 3.63) is 17.2 Å². The second-order valence-electron chi connectivity index (χ2n) is 3.49. The Morgan fingerprint density at radius 2 is 2.11 bits per heavy atom. The molecule has 0 aromatic carbocycles. The van der Waals surface area contributed by atoms with Gasteiger partial charge in [0.15, 0.2) is 0 Å². The van der Waals surface area contributed by atoms with Gasteiger partial charge < -0.3 is 20.9 Å². The van der Waals surface area contributed by atoms with Crippen LogP contribution in [0.3, 0.4) is 0 Å². The minimum atomic E-state index is -4.88. The number of carbonyl (C=O) groups excluding carboxylic acids is 1. The van der Waals surface area contributed by atoms with Crippen LogP contribution >= 0.6 is 0 Å². The highest BCUT2D eigenvalue weighted by molar-refractivity contribution is 5.75. The summed E-state index contributed by atoms with van der Waals surface area (Å²) in [6, 6.07) is 0.988. The smallest absolute Gasteiger partial charge is 0.469 e. The predicted octanol–water partition coefficient (Wildman–Crippen LogP) is 0.737. The second kappa shape index (κ2) is 5.74. The molecule has 0 aliphatic carbocycles. The van der Waals surface area contributed by atoms with Crippen molar-refractivity contribution in [2.75, 3.05) is 12.8 Å². The number of nitrogens with zero attached hydrogens (tertiary/aromatic N) is 1. The third kappa shape index (κ3) is 4.28. The summed E-state index contributed by atoms with van der Waals surface area (Å²) in [6.45, 7) is -0.118. The number of alkyl halides is 3. The molecule has 19 heavy (non-hydrogen) atoms. The first-order chi connectivity index (χ1) is 8.76. The average Bonchev–Trinajstić information content (AvgIpc) is 2.29. The third-order valence-corrected chi connectivity index (χ3v) is 2.21. The first-order valence-electron chi connectivity index (χ1n) is 5.07. The number of halogens is 3. The van der Waals surface area contributed by atoms with Gasteiger partial charge in [0, 0.05) is 18.2 Å². The molecule has 0 aliphatic rings. The van der Waals surface area contributed by atoms with E-state index in [0.29, 0.717) is 0 Å². The molecule has 1 aromatic heterocycles. The minimum absolute atomic E-state index is 0.118. The lowest BCUT2D eigenvalue weighted by molar-refractivity contribution is -0.276. The molecule has 106 valence electrons. The Balaban J connectivity index is 3.11. The molecule has 0 saturated heterocycles. The summed E-state index contributed by atoms with van der Waals surface area (Å²) < 4.78 is 44.3. The highest BCUT2D eigenvalue weighted by Gasteiger charge is 2.32. The number of hydrogen-bond acceptors (Lipinski definition) is 6. The van der Waals surface area contributed by atoms with Crippen LogP contribution in [0.5, 0.6) is 5.88 Å². The highest BCUT2D eigenvalue weighted by Crippen LogP contribution is 2.26. The Hall–Kier alpha value is -2.03. The van der Waals surface area contributed by atoms with Crippen molar-refractivity contribution in [2.24, 2.45) is 5.73 Å². The van der Waals surface area contributed by atoms with Crippen molar-refractivity contribution >= 4 is 11.8 Å². The number of nitrogen functional groups attached to an aromatic ring is 1. The molecule has 0 unspecified atom stereocenters. The summed E-state index contributed by atoms with van der Waals surface area (Å²) in [5.41, 5.74) is 11.4. The van der Waals surface area contributed by atoms with Crippen molar-refractivity contribution in [1.82, 2.24) is 4.98 Å².